The maximum atomic E-state index is 5.49. The molecule has 6 heteroatoms. The molecule has 0 saturated carbocycles. The molecule has 13 heavy (non-hydrogen) atoms. The summed E-state index contributed by atoms with van der Waals surface area (Å²) in [4.78, 5) is 0. The van der Waals surface area contributed by atoms with Crippen molar-refractivity contribution in [3.8, 4) is 0 Å². The first kappa shape index (κ1) is 8.96. The lowest BCUT2D eigenvalue weighted by Gasteiger charge is -2.06. The zero-order valence-electron chi connectivity index (χ0n) is 7.51. The largest absolute Gasteiger partial charge is 0.377 e. The predicted molar refractivity (Wildman–Crippen MR) is 48.5 cm³/mol. The number of rotatable bonds is 3. The molecule has 2 heterocycles. The first-order chi connectivity index (χ1) is 6.36. The van der Waals surface area contributed by atoms with Crippen LogP contribution < -0.4 is 0 Å². The Morgan fingerprint density at radius 1 is 1.69 bits per heavy atom. The van der Waals surface area contributed by atoms with Gasteiger partial charge in [0.25, 0.3) is 0 Å². The van der Waals surface area contributed by atoms with Crippen LogP contribution in [0.2, 0.25) is 0 Å². The second-order valence-electron chi connectivity index (χ2n) is 3.03. The number of hydrogen-bond acceptors (Lipinski definition) is 5. The van der Waals surface area contributed by atoms with Crippen molar-refractivity contribution in [2.24, 2.45) is 7.05 Å². The molecule has 1 aliphatic rings. The van der Waals surface area contributed by atoms with Crippen LogP contribution >= 0.6 is 11.8 Å². The summed E-state index contributed by atoms with van der Waals surface area (Å²) in [6.07, 6.45) is 2.74. The van der Waals surface area contributed by atoms with Gasteiger partial charge in [-0.1, -0.05) is 11.8 Å². The summed E-state index contributed by atoms with van der Waals surface area (Å²) in [6, 6.07) is 0. The van der Waals surface area contributed by atoms with E-state index in [9.17, 15) is 0 Å². The zero-order valence-corrected chi connectivity index (χ0v) is 8.33. The standard InChI is InChI=1S/C7H12N4OS/c1-11-7(8-9-10-11)13-5-6-3-2-4-12-6/h6H,2-5H2,1H3/t6-/m0/s1. The number of hydrogen-bond donors (Lipinski definition) is 0. The Morgan fingerprint density at radius 2 is 2.62 bits per heavy atom. The van der Waals surface area contributed by atoms with Gasteiger partial charge in [0.2, 0.25) is 5.16 Å². The molecule has 0 unspecified atom stereocenters. The third-order valence-corrected chi connectivity index (χ3v) is 3.15. The van der Waals surface area contributed by atoms with E-state index >= 15 is 0 Å². The number of aryl methyl sites for hydroxylation is 1. The lowest BCUT2D eigenvalue weighted by atomic mass is 10.3. The first-order valence-electron chi connectivity index (χ1n) is 4.33. The van der Waals surface area contributed by atoms with Crippen LogP contribution in [0.1, 0.15) is 12.8 Å². The van der Waals surface area contributed by atoms with Gasteiger partial charge in [0, 0.05) is 19.4 Å². The van der Waals surface area contributed by atoms with E-state index in [4.69, 9.17) is 4.74 Å². The monoisotopic (exact) mass is 200 g/mol. The van der Waals surface area contributed by atoms with E-state index in [0.717, 1.165) is 23.9 Å². The molecule has 1 aromatic heterocycles. The minimum Gasteiger partial charge on any atom is -0.377 e. The summed E-state index contributed by atoms with van der Waals surface area (Å²) in [6.45, 7) is 0.905. The van der Waals surface area contributed by atoms with E-state index in [1.807, 2.05) is 7.05 Å². The molecule has 0 N–H and O–H groups in total. The summed E-state index contributed by atoms with van der Waals surface area (Å²) in [7, 11) is 1.85. The van der Waals surface area contributed by atoms with Crippen LogP contribution in [0.5, 0.6) is 0 Å². The van der Waals surface area contributed by atoms with Crippen molar-refractivity contribution in [3.63, 3.8) is 0 Å². The average Bonchev–Trinajstić information content (AvgIpc) is 2.72. The number of nitrogens with zero attached hydrogens (tertiary/aromatic N) is 4. The van der Waals surface area contributed by atoms with E-state index in [0.29, 0.717) is 6.10 Å². The number of tetrazole rings is 1. The number of ether oxygens (including phenoxy) is 1. The highest BCUT2D eigenvalue weighted by Gasteiger charge is 2.16. The fraction of sp³-hybridized carbons (Fsp3) is 0.857. The van der Waals surface area contributed by atoms with Crippen molar-refractivity contribution >= 4 is 11.8 Å². The Kier molecular flexibility index (Phi) is 2.80. The van der Waals surface area contributed by atoms with Gasteiger partial charge >= 0.3 is 0 Å². The average molecular weight is 200 g/mol. The van der Waals surface area contributed by atoms with Crippen molar-refractivity contribution in [1.82, 2.24) is 20.2 Å². The first-order valence-corrected chi connectivity index (χ1v) is 5.31. The highest BCUT2D eigenvalue weighted by Crippen LogP contribution is 2.20. The quantitative estimate of drug-likeness (QED) is 0.664. The van der Waals surface area contributed by atoms with Crippen LogP contribution in [0.3, 0.4) is 0 Å². The van der Waals surface area contributed by atoms with Crippen LogP contribution in [0.15, 0.2) is 5.16 Å². The molecule has 1 aliphatic heterocycles. The normalized spacial score (nSPS) is 22.4. The van der Waals surface area contributed by atoms with E-state index in [1.165, 1.54) is 6.42 Å². The SMILES string of the molecule is Cn1nnnc1SC[C@@H]1CCCO1. The molecule has 0 spiro atoms. The van der Waals surface area contributed by atoms with Gasteiger partial charge in [-0.3, -0.25) is 0 Å². The van der Waals surface area contributed by atoms with Gasteiger partial charge < -0.3 is 4.74 Å². The fourth-order valence-corrected chi connectivity index (χ4v) is 2.20. The minimum atomic E-state index is 0.390. The number of aromatic nitrogens is 4. The molecule has 1 aromatic rings. The lowest BCUT2D eigenvalue weighted by Crippen LogP contribution is -2.08. The molecule has 0 amide bonds. The Bertz CT molecular complexity index is 271. The van der Waals surface area contributed by atoms with Gasteiger partial charge in [0.15, 0.2) is 0 Å². The second-order valence-corrected chi connectivity index (χ2v) is 4.02. The summed E-state index contributed by atoms with van der Waals surface area (Å²) < 4.78 is 7.17. The van der Waals surface area contributed by atoms with Gasteiger partial charge in [-0.2, -0.15) is 0 Å². The Balaban J connectivity index is 1.82. The van der Waals surface area contributed by atoms with Crippen LogP contribution in [-0.2, 0) is 11.8 Å². The summed E-state index contributed by atoms with van der Waals surface area (Å²) in [5, 5.41) is 12.1. The fourth-order valence-electron chi connectivity index (χ4n) is 1.29. The van der Waals surface area contributed by atoms with Crippen LogP contribution in [0.4, 0.5) is 0 Å². The highest BCUT2D eigenvalue weighted by molar-refractivity contribution is 7.99. The molecule has 0 bridgehead atoms. The van der Waals surface area contributed by atoms with Gasteiger partial charge in [0.1, 0.15) is 0 Å². The molecule has 1 fully saturated rings. The van der Waals surface area contributed by atoms with Gasteiger partial charge in [-0.05, 0) is 23.3 Å². The number of thioether (sulfide) groups is 1. The Hall–Kier alpha value is -0.620. The smallest absolute Gasteiger partial charge is 0.209 e. The van der Waals surface area contributed by atoms with E-state index in [-0.39, 0.29) is 0 Å². The molecule has 2 rings (SSSR count). The van der Waals surface area contributed by atoms with Crippen molar-refractivity contribution in [2.45, 2.75) is 24.1 Å². The van der Waals surface area contributed by atoms with Crippen molar-refractivity contribution in [3.05, 3.63) is 0 Å². The third kappa shape index (κ3) is 2.19. The van der Waals surface area contributed by atoms with Crippen molar-refractivity contribution < 1.29 is 4.74 Å². The van der Waals surface area contributed by atoms with E-state index in [2.05, 4.69) is 15.5 Å². The molecule has 0 radical (unpaired) electrons. The van der Waals surface area contributed by atoms with Crippen molar-refractivity contribution in [1.29, 1.82) is 0 Å². The maximum Gasteiger partial charge on any atom is 0.209 e. The summed E-state index contributed by atoms with van der Waals surface area (Å²) in [5.41, 5.74) is 0. The predicted octanol–water partition coefficient (Wildman–Crippen LogP) is 0.481. The topological polar surface area (TPSA) is 52.8 Å². The minimum absolute atomic E-state index is 0.390. The van der Waals surface area contributed by atoms with Crippen LogP contribution in [-0.4, -0.2) is 38.7 Å². The summed E-state index contributed by atoms with van der Waals surface area (Å²) >= 11 is 1.65. The molecule has 1 atom stereocenters. The lowest BCUT2D eigenvalue weighted by molar-refractivity contribution is 0.129. The highest BCUT2D eigenvalue weighted by atomic mass is 32.2. The molecular weight excluding hydrogens is 188 g/mol. The molecular formula is C7H12N4OS. The second kappa shape index (κ2) is 4.06. The molecule has 5 nitrogen and oxygen atoms in total. The molecule has 72 valence electrons. The maximum absolute atomic E-state index is 5.49. The third-order valence-electron chi connectivity index (χ3n) is 2.00. The van der Waals surface area contributed by atoms with E-state index in [1.54, 1.807) is 16.4 Å². The zero-order chi connectivity index (χ0) is 9.10. The Morgan fingerprint density at radius 3 is 3.23 bits per heavy atom. The van der Waals surface area contributed by atoms with E-state index < -0.39 is 0 Å². The van der Waals surface area contributed by atoms with Gasteiger partial charge in [-0.15, -0.1) is 5.10 Å². The van der Waals surface area contributed by atoms with Gasteiger partial charge in [-0.25, -0.2) is 4.68 Å². The summed E-state index contributed by atoms with van der Waals surface area (Å²) in [5.74, 6) is 0.953. The van der Waals surface area contributed by atoms with Crippen LogP contribution in [0, 0.1) is 0 Å². The van der Waals surface area contributed by atoms with Gasteiger partial charge in [0.05, 0.1) is 6.10 Å². The van der Waals surface area contributed by atoms with Crippen molar-refractivity contribution in [2.75, 3.05) is 12.4 Å². The molecule has 1 saturated heterocycles. The molecule has 0 aliphatic carbocycles. The Labute approximate surface area is 80.8 Å². The molecule has 0 aromatic carbocycles. The van der Waals surface area contributed by atoms with Crippen LogP contribution in [0.25, 0.3) is 0 Å².